The predicted octanol–water partition coefficient (Wildman–Crippen LogP) is 3.54. The number of nitrogens with one attached hydrogen (secondary N) is 2. The fourth-order valence-electron chi connectivity index (χ4n) is 3.27. The number of anilines is 1. The summed E-state index contributed by atoms with van der Waals surface area (Å²) in [5.41, 5.74) is 3.09. The molecule has 4 heteroatoms. The lowest BCUT2D eigenvalue weighted by atomic mass is 10.1. The molecule has 1 aliphatic carbocycles. The molecule has 1 aliphatic rings. The third-order valence-corrected chi connectivity index (χ3v) is 4.80. The maximum absolute atomic E-state index is 12.4. The fraction of sp³-hybridized carbons (Fsp3) is 0.500. The van der Waals surface area contributed by atoms with Gasteiger partial charge in [-0.3, -0.25) is 9.59 Å². The topological polar surface area (TPSA) is 58.2 Å². The summed E-state index contributed by atoms with van der Waals surface area (Å²) >= 11 is 0. The average Bonchev–Trinajstić information content (AvgIpc) is 3.05. The van der Waals surface area contributed by atoms with Gasteiger partial charge >= 0.3 is 0 Å². The van der Waals surface area contributed by atoms with Crippen LogP contribution in [-0.2, 0) is 16.0 Å². The van der Waals surface area contributed by atoms with E-state index in [1.807, 2.05) is 45.0 Å². The van der Waals surface area contributed by atoms with Gasteiger partial charge in [0.1, 0.15) is 0 Å². The zero-order chi connectivity index (χ0) is 17.9. The van der Waals surface area contributed by atoms with E-state index < -0.39 is 0 Å². The van der Waals surface area contributed by atoms with Crippen LogP contribution < -0.4 is 10.6 Å². The van der Waals surface area contributed by atoms with Crippen molar-refractivity contribution in [1.29, 1.82) is 0 Å². The number of aryl methyl sites for hydroxylation is 1. The number of carbonyl (C=O) groups excluding carboxylic acids is 2. The molecule has 2 rings (SSSR count). The maximum Gasteiger partial charge on any atom is 0.243 e. The number of allylic oxidation sites excluding steroid dienone is 2. The Balaban J connectivity index is 1.88. The number of benzene rings is 1. The molecule has 0 bridgehead atoms. The molecule has 0 unspecified atom stereocenters. The second-order valence-electron chi connectivity index (χ2n) is 7.35. The van der Waals surface area contributed by atoms with Crippen LogP contribution >= 0.6 is 0 Å². The first kappa shape index (κ1) is 18.2. The fourth-order valence-corrected chi connectivity index (χ4v) is 3.27. The van der Waals surface area contributed by atoms with Gasteiger partial charge in [-0.2, -0.15) is 0 Å². The monoisotopic (exact) mass is 328 g/mol. The molecule has 0 saturated heterocycles. The molecule has 1 fully saturated rings. The first-order chi connectivity index (χ1) is 11.3. The van der Waals surface area contributed by atoms with Crippen molar-refractivity contribution < 1.29 is 9.59 Å². The Morgan fingerprint density at radius 1 is 1.21 bits per heavy atom. The van der Waals surface area contributed by atoms with Crippen molar-refractivity contribution >= 4 is 17.5 Å². The molecule has 0 spiro atoms. The van der Waals surface area contributed by atoms with Gasteiger partial charge in [0.2, 0.25) is 11.8 Å². The van der Waals surface area contributed by atoms with Gasteiger partial charge in [0.15, 0.2) is 0 Å². The predicted molar refractivity (Wildman–Crippen MR) is 97.7 cm³/mol. The largest absolute Gasteiger partial charge is 0.347 e. The Morgan fingerprint density at radius 2 is 1.88 bits per heavy atom. The van der Waals surface area contributed by atoms with E-state index in [0.29, 0.717) is 0 Å². The van der Waals surface area contributed by atoms with E-state index >= 15 is 0 Å². The van der Waals surface area contributed by atoms with E-state index in [0.717, 1.165) is 17.7 Å². The van der Waals surface area contributed by atoms with Gasteiger partial charge in [-0.1, -0.05) is 50.6 Å². The molecule has 1 aromatic carbocycles. The molecule has 1 saturated carbocycles. The second kappa shape index (κ2) is 7.20. The first-order valence-electron chi connectivity index (χ1n) is 8.57. The Labute approximate surface area is 144 Å². The summed E-state index contributed by atoms with van der Waals surface area (Å²) in [6.07, 6.45) is 3.01. The van der Waals surface area contributed by atoms with E-state index in [2.05, 4.69) is 30.6 Å². The zero-order valence-electron chi connectivity index (χ0n) is 15.3. The molecule has 0 aromatic heterocycles. The third kappa shape index (κ3) is 4.05. The number of para-hydroxylation sites is 1. The molecular weight excluding hydrogens is 300 g/mol. The number of rotatable bonds is 6. The smallest absolute Gasteiger partial charge is 0.243 e. The highest BCUT2D eigenvalue weighted by Crippen LogP contribution is 2.59. The van der Waals surface area contributed by atoms with E-state index in [1.165, 1.54) is 5.57 Å². The van der Waals surface area contributed by atoms with Crippen LogP contribution in [-0.4, -0.2) is 18.4 Å². The van der Waals surface area contributed by atoms with Gasteiger partial charge in [0.25, 0.3) is 0 Å². The molecule has 0 heterocycles. The van der Waals surface area contributed by atoms with Crippen molar-refractivity contribution in [2.45, 2.75) is 41.0 Å². The molecule has 4 nitrogen and oxygen atoms in total. The minimum Gasteiger partial charge on any atom is -0.347 e. The normalized spacial score (nSPS) is 20.9. The van der Waals surface area contributed by atoms with Crippen LogP contribution in [0.3, 0.4) is 0 Å². The molecule has 2 amide bonds. The number of hydrogen-bond acceptors (Lipinski definition) is 2. The van der Waals surface area contributed by atoms with Gasteiger partial charge in [0, 0.05) is 5.69 Å². The van der Waals surface area contributed by atoms with E-state index in [-0.39, 0.29) is 35.6 Å². The Hall–Kier alpha value is -2.10. The minimum atomic E-state index is -0.193. The van der Waals surface area contributed by atoms with Gasteiger partial charge in [-0.05, 0) is 43.2 Å². The van der Waals surface area contributed by atoms with Crippen molar-refractivity contribution in [1.82, 2.24) is 5.32 Å². The SMILES string of the molecule is CCc1ccccc1NC(=O)CNC(=O)[C@@H]1[C@@H](C=C(C)C)C1(C)C. The van der Waals surface area contributed by atoms with Crippen LogP contribution in [0.2, 0.25) is 0 Å². The number of amides is 2. The Kier molecular flexibility index (Phi) is 5.47. The lowest BCUT2D eigenvalue weighted by molar-refractivity contribution is -0.125. The van der Waals surface area contributed by atoms with Crippen molar-refractivity contribution in [2.24, 2.45) is 17.3 Å². The lowest BCUT2D eigenvalue weighted by Crippen LogP contribution is -2.34. The van der Waals surface area contributed by atoms with Crippen LogP contribution in [0, 0.1) is 17.3 Å². The van der Waals surface area contributed by atoms with E-state index in [9.17, 15) is 9.59 Å². The van der Waals surface area contributed by atoms with Crippen molar-refractivity contribution in [3.63, 3.8) is 0 Å². The summed E-state index contributed by atoms with van der Waals surface area (Å²) in [4.78, 5) is 24.5. The second-order valence-corrected chi connectivity index (χ2v) is 7.35. The van der Waals surface area contributed by atoms with Crippen molar-refractivity contribution in [3.05, 3.63) is 41.5 Å². The van der Waals surface area contributed by atoms with Gasteiger partial charge in [-0.25, -0.2) is 0 Å². The minimum absolute atomic E-state index is 0.00496. The van der Waals surface area contributed by atoms with Crippen LogP contribution in [0.15, 0.2) is 35.9 Å². The highest BCUT2D eigenvalue weighted by atomic mass is 16.2. The molecule has 0 aliphatic heterocycles. The summed E-state index contributed by atoms with van der Waals surface area (Å²) in [5, 5.41) is 5.66. The molecule has 2 N–H and O–H groups in total. The Bertz CT molecular complexity index is 657. The third-order valence-electron chi connectivity index (χ3n) is 4.80. The first-order valence-corrected chi connectivity index (χ1v) is 8.57. The van der Waals surface area contributed by atoms with Crippen molar-refractivity contribution in [2.75, 3.05) is 11.9 Å². The number of hydrogen-bond donors (Lipinski definition) is 2. The highest BCUT2D eigenvalue weighted by Gasteiger charge is 2.60. The lowest BCUT2D eigenvalue weighted by Gasteiger charge is -2.10. The summed E-state index contributed by atoms with van der Waals surface area (Å²) in [7, 11) is 0. The van der Waals surface area contributed by atoms with E-state index in [4.69, 9.17) is 0 Å². The summed E-state index contributed by atoms with van der Waals surface area (Å²) in [6.45, 7) is 10.3. The van der Waals surface area contributed by atoms with Crippen LogP contribution in [0.4, 0.5) is 5.69 Å². The quantitative estimate of drug-likeness (QED) is 0.785. The van der Waals surface area contributed by atoms with Gasteiger partial charge in [-0.15, -0.1) is 0 Å². The summed E-state index contributed by atoms with van der Waals surface area (Å²) in [6, 6.07) is 7.72. The molecule has 24 heavy (non-hydrogen) atoms. The zero-order valence-corrected chi connectivity index (χ0v) is 15.3. The van der Waals surface area contributed by atoms with Crippen LogP contribution in [0.25, 0.3) is 0 Å². The summed E-state index contributed by atoms with van der Waals surface area (Å²) in [5.74, 6) is -0.0302. The standard InChI is InChI=1S/C20H28N2O2/c1-6-14-9-7-8-10-16(14)22-17(23)12-21-19(24)18-15(11-13(2)3)20(18,4)5/h7-11,15,18H,6,12H2,1-5H3,(H,21,24)(H,22,23)/t15-,18+/m1/s1. The number of carbonyl (C=O) groups is 2. The van der Waals surface area contributed by atoms with Crippen molar-refractivity contribution in [3.8, 4) is 0 Å². The Morgan fingerprint density at radius 3 is 2.50 bits per heavy atom. The molecule has 0 radical (unpaired) electrons. The molecule has 130 valence electrons. The van der Waals surface area contributed by atoms with Crippen LogP contribution in [0.5, 0.6) is 0 Å². The molecular formula is C20H28N2O2. The van der Waals surface area contributed by atoms with E-state index in [1.54, 1.807) is 0 Å². The molecule has 2 atom stereocenters. The van der Waals surface area contributed by atoms with Crippen LogP contribution in [0.1, 0.15) is 40.2 Å². The maximum atomic E-state index is 12.4. The molecule has 1 aromatic rings. The highest BCUT2D eigenvalue weighted by molar-refractivity contribution is 5.96. The average molecular weight is 328 g/mol. The van der Waals surface area contributed by atoms with Gasteiger partial charge in [0.05, 0.1) is 12.5 Å². The summed E-state index contributed by atoms with van der Waals surface area (Å²) < 4.78 is 0. The van der Waals surface area contributed by atoms with Gasteiger partial charge < -0.3 is 10.6 Å².